The van der Waals surface area contributed by atoms with Gasteiger partial charge in [0, 0.05) is 17.8 Å². The van der Waals surface area contributed by atoms with E-state index in [0.717, 1.165) is 5.56 Å². The summed E-state index contributed by atoms with van der Waals surface area (Å²) in [6.07, 6.45) is 0.712. The lowest BCUT2D eigenvalue weighted by atomic mass is 10.1. The van der Waals surface area contributed by atoms with Crippen LogP contribution in [0.1, 0.15) is 11.5 Å². The number of hydrogen-bond donors (Lipinski definition) is 2. The Morgan fingerprint density at radius 2 is 2.00 bits per heavy atom. The zero-order valence-electron chi connectivity index (χ0n) is 13.1. The van der Waals surface area contributed by atoms with Crippen molar-refractivity contribution >= 4 is 6.09 Å². The Hall–Kier alpha value is -3.55. The lowest BCUT2D eigenvalue weighted by Crippen LogP contribution is -2.12. The summed E-state index contributed by atoms with van der Waals surface area (Å²) in [6, 6.07) is 12.0. The average Bonchev–Trinajstić information content (AvgIpc) is 3.09. The molecule has 3 rings (SSSR count). The zero-order valence-corrected chi connectivity index (χ0v) is 13.1. The van der Waals surface area contributed by atoms with Crippen LogP contribution in [0.4, 0.5) is 4.79 Å². The number of carbonyl (C=O) groups excluding carboxylic acids is 1. The van der Waals surface area contributed by atoms with Crippen LogP contribution in [0.3, 0.4) is 0 Å². The number of amides is 1. The van der Waals surface area contributed by atoms with Crippen LogP contribution in [0.5, 0.6) is 11.5 Å². The standard InChI is InChI=1S/C17H15N3O5/c18-17(22)24-9-13-8-14(20-25-13)11-3-5-12(6-4-11)23-10-15-16(21)2-1-7-19-15/h1-8,21H,9-10H2,(H2,18,22). The highest BCUT2D eigenvalue weighted by molar-refractivity contribution is 5.64. The summed E-state index contributed by atoms with van der Waals surface area (Å²) in [4.78, 5) is 14.6. The van der Waals surface area contributed by atoms with Gasteiger partial charge in [0.25, 0.3) is 0 Å². The molecule has 0 fully saturated rings. The summed E-state index contributed by atoms with van der Waals surface area (Å²) in [6.45, 7) is 0.0850. The lowest BCUT2D eigenvalue weighted by molar-refractivity contribution is 0.137. The number of carbonyl (C=O) groups is 1. The van der Waals surface area contributed by atoms with Gasteiger partial charge in [0.05, 0.1) is 0 Å². The van der Waals surface area contributed by atoms with Crippen molar-refractivity contribution in [3.8, 4) is 22.8 Å². The minimum absolute atomic E-state index is 0.0723. The molecule has 0 bridgehead atoms. The van der Waals surface area contributed by atoms with Gasteiger partial charge in [0.2, 0.25) is 0 Å². The van der Waals surface area contributed by atoms with E-state index in [1.54, 1.807) is 36.5 Å². The first-order valence-corrected chi connectivity index (χ1v) is 7.36. The SMILES string of the molecule is NC(=O)OCc1cc(-c2ccc(OCc3ncccc3O)cc2)no1. The lowest BCUT2D eigenvalue weighted by Gasteiger charge is -2.07. The number of ether oxygens (including phenoxy) is 2. The molecule has 25 heavy (non-hydrogen) atoms. The number of benzene rings is 1. The van der Waals surface area contributed by atoms with Crippen LogP contribution in [-0.2, 0) is 18.0 Å². The third kappa shape index (κ3) is 4.25. The van der Waals surface area contributed by atoms with Crippen LogP contribution in [0.15, 0.2) is 53.2 Å². The van der Waals surface area contributed by atoms with E-state index in [1.165, 1.54) is 0 Å². The molecule has 0 aliphatic carbocycles. The largest absolute Gasteiger partial charge is 0.506 e. The average molecular weight is 341 g/mol. The molecule has 8 heteroatoms. The minimum Gasteiger partial charge on any atom is -0.506 e. The minimum atomic E-state index is -0.876. The maximum atomic E-state index is 10.6. The van der Waals surface area contributed by atoms with Gasteiger partial charge in [-0.1, -0.05) is 5.16 Å². The number of aromatic hydroxyl groups is 1. The van der Waals surface area contributed by atoms with Crippen LogP contribution in [-0.4, -0.2) is 21.3 Å². The molecule has 0 aliphatic heterocycles. The fourth-order valence-electron chi connectivity index (χ4n) is 2.07. The Kier molecular flexibility index (Phi) is 4.79. The van der Waals surface area contributed by atoms with Crippen molar-refractivity contribution in [2.45, 2.75) is 13.2 Å². The molecule has 0 saturated carbocycles. The smallest absolute Gasteiger partial charge is 0.404 e. The first-order chi connectivity index (χ1) is 12.1. The molecule has 1 amide bonds. The molecule has 1 aromatic carbocycles. The molecule has 2 aromatic heterocycles. The molecule has 2 heterocycles. The molecular formula is C17H15N3O5. The van der Waals surface area contributed by atoms with Gasteiger partial charge in [-0.2, -0.15) is 0 Å². The van der Waals surface area contributed by atoms with Crippen molar-refractivity contribution in [2.24, 2.45) is 5.73 Å². The predicted molar refractivity (Wildman–Crippen MR) is 86.5 cm³/mol. The molecule has 3 N–H and O–H groups in total. The van der Waals surface area contributed by atoms with Crippen LogP contribution >= 0.6 is 0 Å². The maximum absolute atomic E-state index is 10.6. The van der Waals surface area contributed by atoms with Gasteiger partial charge in [-0.3, -0.25) is 4.98 Å². The quantitative estimate of drug-likeness (QED) is 0.707. The van der Waals surface area contributed by atoms with Gasteiger partial charge < -0.3 is 24.8 Å². The number of hydrogen-bond acceptors (Lipinski definition) is 7. The zero-order chi connectivity index (χ0) is 17.6. The summed E-state index contributed by atoms with van der Waals surface area (Å²) < 4.78 is 15.3. The third-order valence-electron chi connectivity index (χ3n) is 3.31. The van der Waals surface area contributed by atoms with Gasteiger partial charge in [0.15, 0.2) is 12.4 Å². The second kappa shape index (κ2) is 7.35. The number of rotatable bonds is 6. The number of pyridine rings is 1. The van der Waals surface area contributed by atoms with Crippen molar-refractivity contribution in [3.63, 3.8) is 0 Å². The molecule has 0 unspecified atom stereocenters. The predicted octanol–water partition coefficient (Wildman–Crippen LogP) is 2.62. The van der Waals surface area contributed by atoms with E-state index in [4.69, 9.17) is 15.0 Å². The second-order valence-corrected chi connectivity index (χ2v) is 5.07. The van der Waals surface area contributed by atoms with Crippen LogP contribution < -0.4 is 10.5 Å². The van der Waals surface area contributed by atoms with Crippen LogP contribution in [0, 0.1) is 0 Å². The molecule has 3 aromatic rings. The second-order valence-electron chi connectivity index (χ2n) is 5.07. The van der Waals surface area contributed by atoms with Gasteiger partial charge in [-0.25, -0.2) is 4.79 Å². The Morgan fingerprint density at radius 3 is 2.72 bits per heavy atom. The Bertz CT molecular complexity index is 861. The summed E-state index contributed by atoms with van der Waals surface area (Å²) in [7, 11) is 0. The van der Waals surface area contributed by atoms with E-state index in [1.807, 2.05) is 12.1 Å². The van der Waals surface area contributed by atoms with Crippen molar-refractivity contribution in [1.29, 1.82) is 0 Å². The summed E-state index contributed by atoms with van der Waals surface area (Å²) in [5.41, 5.74) is 6.76. The topological polar surface area (TPSA) is 121 Å². The molecule has 0 spiro atoms. The molecule has 0 radical (unpaired) electrons. The number of nitrogens with zero attached hydrogens (tertiary/aromatic N) is 2. The van der Waals surface area contributed by atoms with Crippen molar-refractivity contribution < 1.29 is 23.9 Å². The molecule has 0 aliphatic rings. The highest BCUT2D eigenvalue weighted by Gasteiger charge is 2.09. The summed E-state index contributed by atoms with van der Waals surface area (Å²) >= 11 is 0. The van der Waals surface area contributed by atoms with E-state index in [-0.39, 0.29) is 19.0 Å². The van der Waals surface area contributed by atoms with E-state index in [2.05, 4.69) is 14.9 Å². The van der Waals surface area contributed by atoms with Gasteiger partial charge in [-0.15, -0.1) is 0 Å². The third-order valence-corrected chi connectivity index (χ3v) is 3.31. The highest BCUT2D eigenvalue weighted by Crippen LogP contribution is 2.23. The van der Waals surface area contributed by atoms with Gasteiger partial charge in [-0.05, 0) is 36.4 Å². The van der Waals surface area contributed by atoms with E-state index in [9.17, 15) is 9.90 Å². The molecule has 8 nitrogen and oxygen atoms in total. The van der Waals surface area contributed by atoms with Gasteiger partial charge >= 0.3 is 6.09 Å². The number of nitrogens with two attached hydrogens (primary N) is 1. The van der Waals surface area contributed by atoms with Crippen molar-refractivity contribution in [1.82, 2.24) is 10.1 Å². The van der Waals surface area contributed by atoms with Gasteiger partial charge in [0.1, 0.15) is 29.5 Å². The molecule has 0 atom stereocenters. The van der Waals surface area contributed by atoms with E-state index in [0.29, 0.717) is 22.9 Å². The first-order valence-electron chi connectivity index (χ1n) is 7.36. The fourth-order valence-corrected chi connectivity index (χ4v) is 2.07. The number of primary amides is 1. The van der Waals surface area contributed by atoms with Crippen LogP contribution in [0.2, 0.25) is 0 Å². The van der Waals surface area contributed by atoms with E-state index < -0.39 is 6.09 Å². The normalized spacial score (nSPS) is 10.4. The Balaban J connectivity index is 1.62. The molecule has 128 valence electrons. The van der Waals surface area contributed by atoms with E-state index >= 15 is 0 Å². The summed E-state index contributed by atoms with van der Waals surface area (Å²) in [5.74, 6) is 1.10. The van der Waals surface area contributed by atoms with Crippen LogP contribution in [0.25, 0.3) is 11.3 Å². The Labute approximate surface area is 142 Å². The molecule has 0 saturated heterocycles. The van der Waals surface area contributed by atoms with Crippen molar-refractivity contribution in [2.75, 3.05) is 0 Å². The first kappa shape index (κ1) is 16.3. The Morgan fingerprint density at radius 1 is 1.20 bits per heavy atom. The highest BCUT2D eigenvalue weighted by atomic mass is 16.6. The molecular weight excluding hydrogens is 326 g/mol. The maximum Gasteiger partial charge on any atom is 0.404 e. The van der Waals surface area contributed by atoms with Crippen molar-refractivity contribution in [3.05, 3.63) is 60.1 Å². The number of aromatic nitrogens is 2. The summed E-state index contributed by atoms with van der Waals surface area (Å²) in [5, 5.41) is 13.6. The fraction of sp³-hybridized carbons (Fsp3) is 0.118. The monoisotopic (exact) mass is 341 g/mol.